The molecule has 0 spiro atoms. The van der Waals surface area contributed by atoms with Crippen LogP contribution in [-0.2, 0) is 24.2 Å². The lowest BCUT2D eigenvalue weighted by atomic mass is 9.91. The zero-order valence-electron chi connectivity index (χ0n) is 24.7. The molecule has 1 aliphatic heterocycles. The van der Waals surface area contributed by atoms with Crippen molar-refractivity contribution in [3.63, 3.8) is 0 Å². The van der Waals surface area contributed by atoms with Crippen molar-refractivity contribution in [1.29, 1.82) is 0 Å². The molecule has 42 heavy (non-hydrogen) atoms. The molecule has 11 heteroatoms. The number of methoxy groups -OCH3 is 1. The first-order chi connectivity index (χ1) is 20.3. The molecular weight excluding hydrogens is 534 g/mol. The Morgan fingerprint density at radius 3 is 2.79 bits per heavy atom. The van der Waals surface area contributed by atoms with Gasteiger partial charge in [0, 0.05) is 55.5 Å². The van der Waals surface area contributed by atoms with Crippen molar-refractivity contribution < 1.29 is 19.1 Å². The number of amides is 3. The van der Waals surface area contributed by atoms with E-state index in [0.717, 1.165) is 42.6 Å². The average Bonchev–Trinajstić information content (AvgIpc) is 3.62. The van der Waals surface area contributed by atoms with Crippen molar-refractivity contribution in [2.24, 2.45) is 5.92 Å². The van der Waals surface area contributed by atoms with Gasteiger partial charge in [0.2, 0.25) is 5.91 Å². The quantitative estimate of drug-likeness (QED) is 0.413. The highest BCUT2D eigenvalue weighted by Gasteiger charge is 2.30. The molecule has 0 fully saturated rings. The molecule has 11 nitrogen and oxygen atoms in total. The number of hydrogen-bond acceptors (Lipinski definition) is 6. The van der Waals surface area contributed by atoms with Gasteiger partial charge in [-0.05, 0) is 62.6 Å². The van der Waals surface area contributed by atoms with Gasteiger partial charge in [0.1, 0.15) is 11.4 Å². The van der Waals surface area contributed by atoms with Gasteiger partial charge in [0.25, 0.3) is 11.8 Å². The van der Waals surface area contributed by atoms with Gasteiger partial charge in [0.05, 0.1) is 12.8 Å². The van der Waals surface area contributed by atoms with Crippen LogP contribution in [0.4, 0.5) is 0 Å². The lowest BCUT2D eigenvalue weighted by molar-refractivity contribution is -0.122. The maximum atomic E-state index is 13.5. The molecular formula is C31H41N7O4. The fourth-order valence-corrected chi connectivity index (χ4v) is 5.69. The van der Waals surface area contributed by atoms with Crippen molar-refractivity contribution in [2.45, 2.75) is 71.4 Å². The number of H-pyrrole nitrogens is 1. The zero-order chi connectivity index (χ0) is 29.6. The molecule has 0 radical (unpaired) electrons. The number of aryl methyl sites for hydroxylation is 1. The molecule has 0 saturated carbocycles. The predicted octanol–water partition coefficient (Wildman–Crippen LogP) is 3.36. The van der Waals surface area contributed by atoms with Crippen LogP contribution in [0.2, 0.25) is 0 Å². The lowest BCUT2D eigenvalue weighted by Gasteiger charge is -2.25. The van der Waals surface area contributed by atoms with Gasteiger partial charge < -0.3 is 20.3 Å². The molecule has 1 unspecified atom stereocenters. The minimum atomic E-state index is -0.203. The van der Waals surface area contributed by atoms with E-state index in [4.69, 9.17) is 9.84 Å². The Hall–Kier alpha value is -4.15. The number of aromatic amines is 1. The highest BCUT2D eigenvalue weighted by Crippen LogP contribution is 2.26. The van der Waals surface area contributed by atoms with E-state index < -0.39 is 0 Å². The van der Waals surface area contributed by atoms with Crippen molar-refractivity contribution in [2.75, 3.05) is 26.7 Å². The molecule has 2 bridgehead atoms. The van der Waals surface area contributed by atoms with E-state index in [-0.39, 0.29) is 23.8 Å². The van der Waals surface area contributed by atoms with Gasteiger partial charge >= 0.3 is 0 Å². The van der Waals surface area contributed by atoms with Crippen LogP contribution in [0.1, 0.15) is 78.2 Å². The van der Waals surface area contributed by atoms with Crippen LogP contribution in [0.3, 0.4) is 0 Å². The van der Waals surface area contributed by atoms with Crippen LogP contribution in [0.15, 0.2) is 30.3 Å². The number of aromatic nitrogens is 4. The van der Waals surface area contributed by atoms with Gasteiger partial charge in [-0.25, -0.2) is 0 Å². The summed E-state index contributed by atoms with van der Waals surface area (Å²) in [6.07, 6.45) is 4.61. The van der Waals surface area contributed by atoms with Gasteiger partial charge in [-0.3, -0.25) is 24.2 Å². The Kier molecular flexibility index (Phi) is 9.24. The average molecular weight is 576 g/mol. The third-order valence-electron chi connectivity index (χ3n) is 8.03. The number of hydrogen-bond donors (Lipinski definition) is 3. The number of benzene rings is 1. The van der Waals surface area contributed by atoms with E-state index in [1.165, 1.54) is 0 Å². The Morgan fingerprint density at radius 1 is 1.14 bits per heavy atom. The maximum absolute atomic E-state index is 13.5. The van der Waals surface area contributed by atoms with Crippen molar-refractivity contribution in [3.05, 3.63) is 53.0 Å². The zero-order valence-corrected chi connectivity index (χ0v) is 24.7. The highest BCUT2D eigenvalue weighted by molar-refractivity contribution is 5.94. The molecule has 0 saturated heterocycles. The second kappa shape index (κ2) is 13.2. The summed E-state index contributed by atoms with van der Waals surface area (Å²) in [6.45, 7) is 6.39. The van der Waals surface area contributed by atoms with Crippen molar-refractivity contribution >= 4 is 17.7 Å². The molecule has 5 rings (SSSR count). The molecule has 2 aromatic heterocycles. The first-order valence-corrected chi connectivity index (χ1v) is 15.0. The molecule has 1 aliphatic carbocycles. The number of fused-ring (bicyclic) bond motifs is 1. The third kappa shape index (κ3) is 6.83. The minimum absolute atomic E-state index is 0.0363. The van der Waals surface area contributed by atoms with E-state index in [9.17, 15) is 14.4 Å². The van der Waals surface area contributed by atoms with Gasteiger partial charge in [0.15, 0.2) is 5.69 Å². The summed E-state index contributed by atoms with van der Waals surface area (Å²) in [5.41, 5.74) is 4.36. The van der Waals surface area contributed by atoms with E-state index >= 15 is 0 Å². The van der Waals surface area contributed by atoms with E-state index in [0.29, 0.717) is 74.1 Å². The SMILES string of the molecule is COc1cccc(-c2cc(C(=O)N3CCCNC(=O)c4nn(CCC(C)C)c5c4CC(CC5)NC(=O)CCC3)[nH]n2)c1. The summed E-state index contributed by atoms with van der Waals surface area (Å²) in [5, 5.41) is 18.2. The molecule has 3 N–H and O–H groups in total. The monoisotopic (exact) mass is 575 g/mol. The fraction of sp³-hybridized carbons (Fsp3) is 0.516. The van der Waals surface area contributed by atoms with Crippen LogP contribution in [-0.4, -0.2) is 75.4 Å². The van der Waals surface area contributed by atoms with E-state index in [2.05, 4.69) is 34.7 Å². The van der Waals surface area contributed by atoms with E-state index in [1.807, 2.05) is 28.9 Å². The summed E-state index contributed by atoms with van der Waals surface area (Å²) in [7, 11) is 1.61. The Morgan fingerprint density at radius 2 is 1.98 bits per heavy atom. The molecule has 224 valence electrons. The van der Waals surface area contributed by atoms with Gasteiger partial charge in [-0.1, -0.05) is 26.0 Å². The van der Waals surface area contributed by atoms with Crippen LogP contribution in [0.25, 0.3) is 11.3 Å². The Labute approximate surface area is 246 Å². The first kappa shape index (κ1) is 29.3. The standard InChI is InChI=1S/C31H41N7O4/c1-20(2)12-16-38-27-11-10-22-18-24(27)29(36-38)30(40)32-13-6-15-37(14-5-9-28(39)33-22)31(41)26-19-25(34-35-26)21-7-4-8-23(17-21)42-3/h4,7-8,17,19-20,22H,5-6,9-16,18H2,1-3H3,(H,32,40)(H,33,39)(H,34,35). The summed E-state index contributed by atoms with van der Waals surface area (Å²) in [4.78, 5) is 41.4. The fourth-order valence-electron chi connectivity index (χ4n) is 5.69. The Balaban J connectivity index is 1.31. The van der Waals surface area contributed by atoms with Crippen LogP contribution >= 0.6 is 0 Å². The van der Waals surface area contributed by atoms with Gasteiger partial charge in [-0.15, -0.1) is 0 Å². The molecule has 3 aromatic rings. The normalized spacial score (nSPS) is 18.2. The van der Waals surface area contributed by atoms with Crippen LogP contribution in [0, 0.1) is 5.92 Å². The number of rotatable bonds is 6. The second-order valence-electron chi connectivity index (χ2n) is 11.6. The summed E-state index contributed by atoms with van der Waals surface area (Å²) < 4.78 is 7.31. The first-order valence-electron chi connectivity index (χ1n) is 15.0. The molecule has 3 heterocycles. The molecule has 1 atom stereocenters. The highest BCUT2D eigenvalue weighted by atomic mass is 16.5. The largest absolute Gasteiger partial charge is 0.497 e. The lowest BCUT2D eigenvalue weighted by Crippen LogP contribution is -2.40. The van der Waals surface area contributed by atoms with Crippen LogP contribution in [0.5, 0.6) is 5.75 Å². The molecule has 3 amide bonds. The number of carbonyl (C=O) groups is 3. The summed E-state index contributed by atoms with van der Waals surface area (Å²) in [6, 6.07) is 9.19. The van der Waals surface area contributed by atoms with E-state index in [1.54, 1.807) is 18.1 Å². The number of ether oxygens (including phenoxy) is 1. The Bertz CT molecular complexity index is 1430. The second-order valence-corrected chi connectivity index (χ2v) is 11.6. The third-order valence-corrected chi connectivity index (χ3v) is 8.03. The van der Waals surface area contributed by atoms with Crippen molar-refractivity contribution in [3.8, 4) is 17.0 Å². The smallest absolute Gasteiger partial charge is 0.272 e. The number of carbonyl (C=O) groups excluding carboxylic acids is 3. The molecule has 1 aromatic carbocycles. The summed E-state index contributed by atoms with van der Waals surface area (Å²) >= 11 is 0. The number of nitrogens with one attached hydrogen (secondary N) is 3. The minimum Gasteiger partial charge on any atom is -0.497 e. The summed E-state index contributed by atoms with van der Waals surface area (Å²) in [5.74, 6) is 0.803. The van der Waals surface area contributed by atoms with Crippen molar-refractivity contribution in [1.82, 2.24) is 35.5 Å². The number of nitrogens with zero attached hydrogens (tertiary/aromatic N) is 4. The predicted molar refractivity (Wildman–Crippen MR) is 158 cm³/mol. The topological polar surface area (TPSA) is 134 Å². The van der Waals surface area contributed by atoms with Gasteiger partial charge in [-0.2, -0.15) is 10.2 Å². The van der Waals surface area contributed by atoms with Crippen LogP contribution < -0.4 is 15.4 Å². The maximum Gasteiger partial charge on any atom is 0.272 e. The molecule has 2 aliphatic rings.